The summed E-state index contributed by atoms with van der Waals surface area (Å²) in [5, 5.41) is 0. The summed E-state index contributed by atoms with van der Waals surface area (Å²) in [5.41, 5.74) is 0.496. The van der Waals surface area contributed by atoms with Crippen LogP contribution in [0.3, 0.4) is 0 Å². The average Bonchev–Trinajstić information content (AvgIpc) is 2.26. The van der Waals surface area contributed by atoms with Crippen LogP contribution >= 0.6 is 15.9 Å². The summed E-state index contributed by atoms with van der Waals surface area (Å²) >= 11 is 3.53. The Bertz CT molecular complexity index is 399. The Hall–Kier alpha value is -0.770. The van der Waals surface area contributed by atoms with Crippen LogP contribution in [0.25, 0.3) is 0 Å². The summed E-state index contributed by atoms with van der Waals surface area (Å²) in [5.74, 6) is 0.652. The van der Waals surface area contributed by atoms with E-state index in [0.29, 0.717) is 17.1 Å². The van der Waals surface area contributed by atoms with Gasteiger partial charge in [0.1, 0.15) is 5.82 Å². The van der Waals surface area contributed by atoms with Gasteiger partial charge in [-0.3, -0.25) is 0 Å². The molecule has 0 saturated carbocycles. The molecule has 17 heavy (non-hydrogen) atoms. The van der Waals surface area contributed by atoms with Crippen molar-refractivity contribution in [2.24, 2.45) is 5.41 Å². The van der Waals surface area contributed by atoms with E-state index in [1.54, 1.807) is 13.2 Å². The van der Waals surface area contributed by atoms with Gasteiger partial charge in [0.05, 0.1) is 14.2 Å². The van der Waals surface area contributed by atoms with Crippen LogP contribution in [-0.4, -0.2) is 14.2 Å². The van der Waals surface area contributed by atoms with Crippen molar-refractivity contribution in [1.29, 1.82) is 0 Å². The standard InChI is InChI=1S/C13H18BrFO2/c1-13(2,3)12(14)8-6-10(16-4)11(17-5)7-9(8)15/h6-7,12H,1-5H3. The fourth-order valence-electron chi connectivity index (χ4n) is 1.53. The van der Waals surface area contributed by atoms with Crippen LogP contribution in [0.2, 0.25) is 0 Å². The fraction of sp³-hybridized carbons (Fsp3) is 0.538. The Morgan fingerprint density at radius 1 is 1.12 bits per heavy atom. The number of alkyl halides is 1. The highest BCUT2D eigenvalue weighted by molar-refractivity contribution is 9.09. The van der Waals surface area contributed by atoms with Crippen molar-refractivity contribution >= 4 is 15.9 Å². The van der Waals surface area contributed by atoms with Crippen molar-refractivity contribution in [3.8, 4) is 11.5 Å². The lowest BCUT2D eigenvalue weighted by atomic mass is 9.87. The van der Waals surface area contributed by atoms with Gasteiger partial charge in [-0.1, -0.05) is 36.7 Å². The minimum atomic E-state index is -0.292. The van der Waals surface area contributed by atoms with Crippen molar-refractivity contribution in [3.05, 3.63) is 23.5 Å². The van der Waals surface area contributed by atoms with E-state index >= 15 is 0 Å². The maximum Gasteiger partial charge on any atom is 0.163 e. The van der Waals surface area contributed by atoms with Gasteiger partial charge in [-0.2, -0.15) is 0 Å². The molecule has 96 valence electrons. The number of hydrogen-bond donors (Lipinski definition) is 0. The fourth-order valence-corrected chi connectivity index (χ4v) is 1.88. The summed E-state index contributed by atoms with van der Waals surface area (Å²) in [7, 11) is 3.03. The third-order valence-electron chi connectivity index (χ3n) is 2.54. The van der Waals surface area contributed by atoms with Crippen LogP contribution < -0.4 is 9.47 Å². The largest absolute Gasteiger partial charge is 0.493 e. The second kappa shape index (κ2) is 5.25. The second-order valence-electron chi connectivity index (χ2n) is 4.96. The van der Waals surface area contributed by atoms with Crippen LogP contribution in [0.4, 0.5) is 4.39 Å². The molecule has 1 unspecified atom stereocenters. The summed E-state index contributed by atoms with van der Waals surface area (Å²) in [4.78, 5) is -0.0881. The van der Waals surface area contributed by atoms with Crippen LogP contribution in [0, 0.1) is 11.2 Å². The topological polar surface area (TPSA) is 18.5 Å². The quantitative estimate of drug-likeness (QED) is 0.774. The smallest absolute Gasteiger partial charge is 0.163 e. The van der Waals surface area contributed by atoms with E-state index in [9.17, 15) is 4.39 Å². The molecule has 1 aromatic carbocycles. The lowest BCUT2D eigenvalue weighted by Gasteiger charge is -2.26. The Morgan fingerprint density at radius 2 is 1.59 bits per heavy atom. The zero-order chi connectivity index (χ0) is 13.2. The van der Waals surface area contributed by atoms with Gasteiger partial charge in [0, 0.05) is 16.5 Å². The molecule has 1 atom stereocenters. The molecule has 0 bridgehead atoms. The van der Waals surface area contributed by atoms with Gasteiger partial charge in [-0.15, -0.1) is 0 Å². The van der Waals surface area contributed by atoms with Gasteiger partial charge in [0.25, 0.3) is 0 Å². The predicted octanol–water partition coefficient (Wildman–Crippen LogP) is 4.33. The molecule has 0 aliphatic heterocycles. The highest BCUT2D eigenvalue weighted by Gasteiger charge is 2.27. The molecule has 0 fully saturated rings. The molecule has 0 aromatic heterocycles. The number of methoxy groups -OCH3 is 2. The molecule has 0 saturated heterocycles. The van der Waals surface area contributed by atoms with Crippen molar-refractivity contribution in [1.82, 2.24) is 0 Å². The Labute approximate surface area is 110 Å². The molecular formula is C13H18BrFO2. The van der Waals surface area contributed by atoms with E-state index in [2.05, 4.69) is 15.9 Å². The highest BCUT2D eigenvalue weighted by Crippen LogP contribution is 2.43. The monoisotopic (exact) mass is 304 g/mol. The molecule has 0 aliphatic carbocycles. The van der Waals surface area contributed by atoms with Gasteiger partial charge in [0.15, 0.2) is 11.5 Å². The van der Waals surface area contributed by atoms with Gasteiger partial charge < -0.3 is 9.47 Å². The number of benzene rings is 1. The molecule has 1 rings (SSSR count). The van der Waals surface area contributed by atoms with Crippen molar-refractivity contribution in [2.75, 3.05) is 14.2 Å². The minimum Gasteiger partial charge on any atom is -0.493 e. The van der Waals surface area contributed by atoms with Crippen LogP contribution in [0.15, 0.2) is 12.1 Å². The zero-order valence-electron chi connectivity index (χ0n) is 10.8. The first kappa shape index (κ1) is 14.3. The van der Waals surface area contributed by atoms with E-state index in [0.717, 1.165) is 0 Å². The number of rotatable bonds is 3. The van der Waals surface area contributed by atoms with Gasteiger partial charge in [0.2, 0.25) is 0 Å². The van der Waals surface area contributed by atoms with Crippen molar-refractivity contribution in [3.63, 3.8) is 0 Å². The Morgan fingerprint density at radius 3 is 2.00 bits per heavy atom. The molecule has 2 nitrogen and oxygen atoms in total. The normalized spacial score (nSPS) is 13.4. The molecule has 0 N–H and O–H groups in total. The van der Waals surface area contributed by atoms with E-state index in [-0.39, 0.29) is 16.1 Å². The summed E-state index contributed by atoms with van der Waals surface area (Å²) in [6, 6.07) is 3.03. The zero-order valence-corrected chi connectivity index (χ0v) is 12.4. The minimum absolute atomic E-state index is 0.0829. The molecular weight excluding hydrogens is 287 g/mol. The maximum atomic E-state index is 14.0. The molecule has 0 aliphatic rings. The van der Waals surface area contributed by atoms with E-state index < -0.39 is 0 Å². The third kappa shape index (κ3) is 3.12. The van der Waals surface area contributed by atoms with Gasteiger partial charge in [-0.25, -0.2) is 4.39 Å². The summed E-state index contributed by atoms with van der Waals surface area (Å²) in [6.07, 6.45) is 0. The molecule has 0 spiro atoms. The van der Waals surface area contributed by atoms with E-state index in [1.165, 1.54) is 13.2 Å². The first-order chi connectivity index (χ1) is 7.81. The van der Waals surface area contributed by atoms with Crippen molar-refractivity contribution < 1.29 is 13.9 Å². The van der Waals surface area contributed by atoms with Crippen molar-refractivity contribution in [2.45, 2.75) is 25.6 Å². The van der Waals surface area contributed by atoms with E-state index in [4.69, 9.17) is 9.47 Å². The maximum absolute atomic E-state index is 14.0. The highest BCUT2D eigenvalue weighted by atomic mass is 79.9. The lowest BCUT2D eigenvalue weighted by molar-refractivity contribution is 0.348. The number of halogens is 2. The summed E-state index contributed by atoms with van der Waals surface area (Å²) < 4.78 is 24.2. The second-order valence-corrected chi connectivity index (χ2v) is 5.87. The predicted molar refractivity (Wildman–Crippen MR) is 70.6 cm³/mol. The SMILES string of the molecule is COc1cc(F)c(C(Br)C(C)(C)C)cc1OC. The van der Waals surface area contributed by atoms with Gasteiger partial charge >= 0.3 is 0 Å². The van der Waals surface area contributed by atoms with Crippen LogP contribution in [0.1, 0.15) is 31.2 Å². The molecule has 4 heteroatoms. The Balaban J connectivity index is 3.26. The first-order valence-electron chi connectivity index (χ1n) is 5.36. The molecule has 1 aromatic rings. The van der Waals surface area contributed by atoms with Crippen LogP contribution in [-0.2, 0) is 0 Å². The average molecular weight is 305 g/mol. The first-order valence-corrected chi connectivity index (χ1v) is 6.28. The summed E-state index contributed by atoms with van der Waals surface area (Å²) in [6.45, 7) is 6.13. The van der Waals surface area contributed by atoms with E-state index in [1.807, 2.05) is 20.8 Å². The number of hydrogen-bond acceptors (Lipinski definition) is 2. The van der Waals surface area contributed by atoms with Gasteiger partial charge in [-0.05, 0) is 11.5 Å². The molecule has 0 radical (unpaired) electrons. The third-order valence-corrected chi connectivity index (χ3v) is 4.40. The molecule has 0 amide bonds. The van der Waals surface area contributed by atoms with Crippen LogP contribution in [0.5, 0.6) is 11.5 Å². The lowest BCUT2D eigenvalue weighted by Crippen LogP contribution is -2.14. The number of ether oxygens (including phenoxy) is 2. The Kier molecular flexibility index (Phi) is 4.42. The molecule has 0 heterocycles.